The Balaban J connectivity index is 2.26. The van der Waals surface area contributed by atoms with E-state index >= 15 is 0 Å². The fraction of sp³-hybridized carbons (Fsp3) is 0. The van der Waals surface area contributed by atoms with E-state index in [1.54, 1.807) is 6.20 Å². The Labute approximate surface area is 102 Å². The Morgan fingerprint density at radius 2 is 2.00 bits per heavy atom. The van der Waals surface area contributed by atoms with Gasteiger partial charge in [-0.05, 0) is 46.9 Å². The molecule has 0 bridgehead atoms. The SMILES string of the molecule is Nc1ccccc1Nc1cc(I)ccn1. The van der Waals surface area contributed by atoms with Crippen molar-refractivity contribution in [2.75, 3.05) is 11.1 Å². The summed E-state index contributed by atoms with van der Waals surface area (Å²) in [4.78, 5) is 4.20. The molecule has 0 spiro atoms. The first kappa shape index (κ1) is 10.2. The molecule has 0 saturated heterocycles. The van der Waals surface area contributed by atoms with E-state index in [0.29, 0.717) is 0 Å². The van der Waals surface area contributed by atoms with Gasteiger partial charge in [0.25, 0.3) is 0 Å². The van der Waals surface area contributed by atoms with E-state index in [2.05, 4.69) is 32.9 Å². The molecule has 15 heavy (non-hydrogen) atoms. The molecule has 1 aromatic heterocycles. The highest BCUT2D eigenvalue weighted by Crippen LogP contribution is 2.21. The summed E-state index contributed by atoms with van der Waals surface area (Å²) in [6.45, 7) is 0. The number of nitrogens with two attached hydrogens (primary N) is 1. The maximum absolute atomic E-state index is 5.81. The molecule has 4 heteroatoms. The van der Waals surface area contributed by atoms with Crippen molar-refractivity contribution in [3.8, 4) is 0 Å². The molecule has 1 heterocycles. The van der Waals surface area contributed by atoms with E-state index in [0.717, 1.165) is 20.8 Å². The van der Waals surface area contributed by atoms with Gasteiger partial charge >= 0.3 is 0 Å². The number of hydrogen-bond acceptors (Lipinski definition) is 3. The lowest BCUT2D eigenvalue weighted by molar-refractivity contribution is 1.30. The summed E-state index contributed by atoms with van der Waals surface area (Å²) < 4.78 is 1.14. The highest BCUT2D eigenvalue weighted by Gasteiger charge is 1.99. The molecule has 3 nitrogen and oxygen atoms in total. The number of aromatic nitrogens is 1. The van der Waals surface area contributed by atoms with Gasteiger partial charge in [-0.1, -0.05) is 12.1 Å². The standard InChI is InChI=1S/C11H10IN3/c12-8-5-6-14-11(7-8)15-10-4-2-1-3-9(10)13/h1-7H,13H2,(H,14,15). The number of anilines is 3. The molecule has 0 unspecified atom stereocenters. The Bertz CT molecular complexity index is 471. The lowest BCUT2D eigenvalue weighted by Crippen LogP contribution is -1.97. The molecule has 0 aliphatic rings. The highest BCUT2D eigenvalue weighted by atomic mass is 127. The van der Waals surface area contributed by atoms with Crippen LogP contribution in [0.3, 0.4) is 0 Å². The number of hydrogen-bond donors (Lipinski definition) is 2. The van der Waals surface area contributed by atoms with Gasteiger partial charge in [0.2, 0.25) is 0 Å². The minimum absolute atomic E-state index is 0.721. The molecule has 76 valence electrons. The molecule has 0 saturated carbocycles. The van der Waals surface area contributed by atoms with Gasteiger partial charge in [-0.15, -0.1) is 0 Å². The predicted molar refractivity (Wildman–Crippen MR) is 71.1 cm³/mol. The minimum Gasteiger partial charge on any atom is -0.397 e. The lowest BCUT2D eigenvalue weighted by atomic mass is 10.2. The molecule has 0 amide bonds. The molecule has 0 fully saturated rings. The molecule has 0 aliphatic carbocycles. The van der Waals surface area contributed by atoms with Crippen molar-refractivity contribution in [3.63, 3.8) is 0 Å². The van der Waals surface area contributed by atoms with Crippen LogP contribution in [0.25, 0.3) is 0 Å². The number of benzene rings is 1. The zero-order chi connectivity index (χ0) is 10.7. The Kier molecular flexibility index (Phi) is 3.05. The van der Waals surface area contributed by atoms with Crippen LogP contribution in [0.15, 0.2) is 42.6 Å². The fourth-order valence-corrected chi connectivity index (χ4v) is 1.68. The number of nitrogen functional groups attached to an aromatic ring is 1. The molecule has 0 radical (unpaired) electrons. The highest BCUT2D eigenvalue weighted by molar-refractivity contribution is 14.1. The topological polar surface area (TPSA) is 50.9 Å². The molecule has 0 atom stereocenters. The van der Waals surface area contributed by atoms with Gasteiger partial charge in [0.15, 0.2) is 0 Å². The van der Waals surface area contributed by atoms with Gasteiger partial charge in [-0.25, -0.2) is 4.98 Å². The van der Waals surface area contributed by atoms with Crippen molar-refractivity contribution in [1.82, 2.24) is 4.98 Å². The summed E-state index contributed by atoms with van der Waals surface area (Å²) in [6.07, 6.45) is 1.77. The smallest absolute Gasteiger partial charge is 0.131 e. The monoisotopic (exact) mass is 311 g/mol. The first-order chi connectivity index (χ1) is 7.25. The van der Waals surface area contributed by atoms with Crippen molar-refractivity contribution in [3.05, 3.63) is 46.2 Å². The van der Waals surface area contributed by atoms with Crippen molar-refractivity contribution < 1.29 is 0 Å². The summed E-state index contributed by atoms with van der Waals surface area (Å²) in [5.41, 5.74) is 7.42. The maximum atomic E-state index is 5.81. The average Bonchev–Trinajstić information content (AvgIpc) is 2.22. The van der Waals surface area contributed by atoms with E-state index in [1.165, 1.54) is 0 Å². The summed E-state index contributed by atoms with van der Waals surface area (Å²) >= 11 is 2.25. The van der Waals surface area contributed by atoms with Crippen LogP contribution in [0, 0.1) is 3.57 Å². The van der Waals surface area contributed by atoms with Crippen molar-refractivity contribution in [2.45, 2.75) is 0 Å². The molecular weight excluding hydrogens is 301 g/mol. The Morgan fingerprint density at radius 1 is 1.20 bits per heavy atom. The van der Waals surface area contributed by atoms with Crippen LogP contribution in [0.2, 0.25) is 0 Å². The Morgan fingerprint density at radius 3 is 2.73 bits per heavy atom. The second-order valence-electron chi connectivity index (χ2n) is 3.07. The van der Waals surface area contributed by atoms with E-state index in [9.17, 15) is 0 Å². The van der Waals surface area contributed by atoms with Gasteiger partial charge < -0.3 is 11.1 Å². The average molecular weight is 311 g/mol. The Hall–Kier alpha value is -1.30. The zero-order valence-electron chi connectivity index (χ0n) is 7.94. The van der Waals surface area contributed by atoms with Crippen LogP contribution < -0.4 is 11.1 Å². The third-order valence-electron chi connectivity index (χ3n) is 1.95. The summed E-state index contributed by atoms with van der Waals surface area (Å²) in [7, 11) is 0. The number of nitrogens with one attached hydrogen (secondary N) is 1. The van der Waals surface area contributed by atoms with Crippen LogP contribution in [-0.2, 0) is 0 Å². The quantitative estimate of drug-likeness (QED) is 0.662. The summed E-state index contributed by atoms with van der Waals surface area (Å²) in [6, 6.07) is 11.5. The third kappa shape index (κ3) is 2.59. The molecule has 0 aliphatic heterocycles. The van der Waals surface area contributed by atoms with Gasteiger partial charge in [0.05, 0.1) is 11.4 Å². The number of nitrogens with zero attached hydrogens (tertiary/aromatic N) is 1. The lowest BCUT2D eigenvalue weighted by Gasteiger charge is -2.07. The van der Waals surface area contributed by atoms with Crippen molar-refractivity contribution in [1.29, 1.82) is 0 Å². The normalized spacial score (nSPS) is 9.93. The number of para-hydroxylation sites is 2. The van der Waals surface area contributed by atoms with Crippen LogP contribution in [0.5, 0.6) is 0 Å². The largest absolute Gasteiger partial charge is 0.397 e. The van der Waals surface area contributed by atoms with Crippen LogP contribution in [-0.4, -0.2) is 4.98 Å². The first-order valence-corrected chi connectivity index (χ1v) is 5.56. The molecule has 3 N–H and O–H groups in total. The third-order valence-corrected chi connectivity index (χ3v) is 2.62. The van der Waals surface area contributed by atoms with E-state index in [4.69, 9.17) is 5.73 Å². The number of rotatable bonds is 2. The number of pyridine rings is 1. The number of halogens is 1. The maximum Gasteiger partial charge on any atom is 0.131 e. The zero-order valence-corrected chi connectivity index (χ0v) is 10.1. The van der Waals surface area contributed by atoms with Gasteiger partial charge in [0.1, 0.15) is 5.82 Å². The minimum atomic E-state index is 0.721. The van der Waals surface area contributed by atoms with Crippen molar-refractivity contribution >= 4 is 39.8 Å². The first-order valence-electron chi connectivity index (χ1n) is 4.49. The summed E-state index contributed by atoms with van der Waals surface area (Å²) in [5.74, 6) is 0.805. The summed E-state index contributed by atoms with van der Waals surface area (Å²) in [5, 5.41) is 3.17. The molecular formula is C11H10IN3. The van der Waals surface area contributed by atoms with Gasteiger partial charge in [0, 0.05) is 9.77 Å². The van der Waals surface area contributed by atoms with E-state index < -0.39 is 0 Å². The predicted octanol–water partition coefficient (Wildman–Crippen LogP) is 3.01. The molecule has 2 rings (SSSR count). The van der Waals surface area contributed by atoms with E-state index in [1.807, 2.05) is 36.4 Å². The molecule has 2 aromatic rings. The van der Waals surface area contributed by atoms with Crippen molar-refractivity contribution in [2.24, 2.45) is 0 Å². The molecule has 1 aromatic carbocycles. The van der Waals surface area contributed by atoms with E-state index in [-0.39, 0.29) is 0 Å². The second kappa shape index (κ2) is 4.48. The van der Waals surface area contributed by atoms with Crippen LogP contribution in [0.4, 0.5) is 17.2 Å². The fourth-order valence-electron chi connectivity index (χ4n) is 1.22. The van der Waals surface area contributed by atoms with Gasteiger partial charge in [-0.3, -0.25) is 0 Å². The van der Waals surface area contributed by atoms with Crippen LogP contribution >= 0.6 is 22.6 Å². The second-order valence-corrected chi connectivity index (χ2v) is 4.32. The van der Waals surface area contributed by atoms with Gasteiger partial charge in [-0.2, -0.15) is 0 Å². The van der Waals surface area contributed by atoms with Crippen LogP contribution in [0.1, 0.15) is 0 Å².